The predicted octanol–water partition coefficient (Wildman–Crippen LogP) is 0.470. The van der Waals surface area contributed by atoms with Crippen LogP contribution in [0.25, 0.3) is 0 Å². The van der Waals surface area contributed by atoms with E-state index in [1.165, 1.54) is 24.2 Å². The molecule has 0 aliphatic carbocycles. The third kappa shape index (κ3) is 11.2. The quantitative estimate of drug-likeness (QED) is 0.136. The molecule has 0 saturated carbocycles. The summed E-state index contributed by atoms with van der Waals surface area (Å²) >= 11 is 0. The molecule has 0 bridgehead atoms. The molecule has 9 heteroatoms. The van der Waals surface area contributed by atoms with Crippen LogP contribution in [0.5, 0.6) is 0 Å². The van der Waals surface area contributed by atoms with Gasteiger partial charge in [-0.05, 0) is 33.1 Å². The smallest absolute Gasteiger partial charge is 0.306 e. The molecule has 1 fully saturated rings. The molecule has 0 aromatic heterocycles. The zero-order chi connectivity index (χ0) is 25.7. The van der Waals surface area contributed by atoms with Crippen LogP contribution in [0, 0.1) is 0 Å². The SMILES string of the molecule is CC(CCO)NCC(O)(CCCCCCCCCC1NC(C)C(O)CC1[NH+]1CC=NC1)CC(=O)O. The molecule has 7 unspecified atom stereocenters. The van der Waals surface area contributed by atoms with Gasteiger partial charge >= 0.3 is 5.97 Å². The molecule has 0 aromatic carbocycles. The normalized spacial score (nSPS) is 29.2. The first-order valence-corrected chi connectivity index (χ1v) is 13.8. The number of piperidine rings is 1. The number of hydrogen-bond acceptors (Lipinski definition) is 7. The first kappa shape index (κ1) is 30.1. The molecule has 0 radical (unpaired) electrons. The van der Waals surface area contributed by atoms with E-state index >= 15 is 0 Å². The van der Waals surface area contributed by atoms with Crippen LogP contribution in [-0.2, 0) is 4.79 Å². The number of carboxylic acids is 1. The van der Waals surface area contributed by atoms with Crippen LogP contribution in [0.2, 0.25) is 0 Å². The van der Waals surface area contributed by atoms with Crippen molar-refractivity contribution in [3.8, 4) is 0 Å². The van der Waals surface area contributed by atoms with Crippen LogP contribution in [0.3, 0.4) is 0 Å². The Hall–Kier alpha value is -1.10. The Labute approximate surface area is 211 Å². The highest BCUT2D eigenvalue weighted by molar-refractivity contribution is 5.68. The van der Waals surface area contributed by atoms with Gasteiger partial charge in [-0.25, -0.2) is 4.99 Å². The molecule has 0 aromatic rings. The second-order valence-electron chi connectivity index (χ2n) is 11.0. The van der Waals surface area contributed by atoms with Crippen molar-refractivity contribution in [1.82, 2.24) is 10.6 Å². The van der Waals surface area contributed by atoms with E-state index in [0.29, 0.717) is 24.9 Å². The molecule has 204 valence electrons. The number of unbranched alkanes of at least 4 members (excludes halogenated alkanes) is 6. The maximum atomic E-state index is 11.2. The molecular formula is C26H51N4O5+. The fourth-order valence-electron chi connectivity index (χ4n) is 5.51. The molecular weight excluding hydrogens is 448 g/mol. The van der Waals surface area contributed by atoms with Gasteiger partial charge in [0.25, 0.3) is 0 Å². The second-order valence-corrected chi connectivity index (χ2v) is 11.0. The van der Waals surface area contributed by atoms with Gasteiger partial charge in [0, 0.05) is 31.7 Å². The summed E-state index contributed by atoms with van der Waals surface area (Å²) in [6.07, 6.45) is 12.1. The Kier molecular flexibility index (Phi) is 13.7. The monoisotopic (exact) mass is 499 g/mol. The minimum Gasteiger partial charge on any atom is -0.481 e. The fraction of sp³-hybridized carbons (Fsp3) is 0.923. The summed E-state index contributed by atoms with van der Waals surface area (Å²) in [6, 6.07) is 1.05. The van der Waals surface area contributed by atoms with Crippen molar-refractivity contribution in [2.75, 3.05) is 26.4 Å². The van der Waals surface area contributed by atoms with E-state index in [1.807, 2.05) is 13.1 Å². The van der Waals surface area contributed by atoms with Crippen LogP contribution in [-0.4, -0.2) is 94.8 Å². The summed E-state index contributed by atoms with van der Waals surface area (Å²) in [6.45, 7) is 6.09. The van der Waals surface area contributed by atoms with Gasteiger partial charge in [0.2, 0.25) is 0 Å². The number of nitrogens with zero attached hydrogens (tertiary/aromatic N) is 1. The van der Waals surface area contributed by atoms with Gasteiger partial charge in [-0.3, -0.25) is 4.79 Å². The number of aliphatic imine (C=N–C) groups is 1. The van der Waals surface area contributed by atoms with Crippen LogP contribution in [0.1, 0.15) is 90.9 Å². The Balaban J connectivity index is 1.59. The second kappa shape index (κ2) is 15.9. The van der Waals surface area contributed by atoms with E-state index in [4.69, 9.17) is 5.11 Å². The minimum atomic E-state index is -1.24. The number of nitrogens with one attached hydrogen (secondary N) is 3. The average Bonchev–Trinajstić information content (AvgIpc) is 3.33. The van der Waals surface area contributed by atoms with Gasteiger partial charge in [0.15, 0.2) is 6.67 Å². The minimum absolute atomic E-state index is 0.0396. The molecule has 9 nitrogen and oxygen atoms in total. The molecule has 2 heterocycles. The topological polar surface area (TPSA) is 139 Å². The van der Waals surface area contributed by atoms with Crippen molar-refractivity contribution in [3.05, 3.63) is 0 Å². The summed E-state index contributed by atoms with van der Waals surface area (Å²) in [5.41, 5.74) is -1.24. The fourth-order valence-corrected chi connectivity index (χ4v) is 5.51. The Morgan fingerprint density at radius 2 is 1.91 bits per heavy atom. The van der Waals surface area contributed by atoms with E-state index in [1.54, 1.807) is 0 Å². The van der Waals surface area contributed by atoms with E-state index in [9.17, 15) is 20.1 Å². The summed E-state index contributed by atoms with van der Waals surface area (Å²) in [7, 11) is 0. The lowest BCUT2D eigenvalue weighted by molar-refractivity contribution is -0.914. The van der Waals surface area contributed by atoms with Crippen molar-refractivity contribution in [3.63, 3.8) is 0 Å². The standard InChI is InChI=1S/C26H50N4O5/c1-20(11-15-31)28-18-26(35,17-25(33)34)12-9-7-5-3-4-6-8-10-22-23(30-14-13-27-19-30)16-24(32)21(2)29-22/h13,20-24,28-29,31-32,35H,3-12,14-19H2,1-2H3,(H,33,34)/p+1. The molecule has 0 spiro atoms. The number of carbonyl (C=O) groups is 1. The Morgan fingerprint density at radius 3 is 2.54 bits per heavy atom. The molecule has 2 rings (SSSR count). The van der Waals surface area contributed by atoms with Crippen LogP contribution in [0.15, 0.2) is 4.99 Å². The largest absolute Gasteiger partial charge is 0.481 e. The van der Waals surface area contributed by atoms with Gasteiger partial charge in [-0.15, -0.1) is 0 Å². The summed E-state index contributed by atoms with van der Waals surface area (Å²) in [5.74, 6) is -0.985. The summed E-state index contributed by atoms with van der Waals surface area (Å²) in [5, 5.41) is 46.1. The third-order valence-electron chi connectivity index (χ3n) is 7.82. The van der Waals surface area contributed by atoms with Crippen LogP contribution in [0.4, 0.5) is 0 Å². The lowest BCUT2D eigenvalue weighted by Crippen LogP contribution is -3.16. The van der Waals surface area contributed by atoms with Gasteiger partial charge in [0.1, 0.15) is 12.6 Å². The van der Waals surface area contributed by atoms with E-state index < -0.39 is 11.6 Å². The number of rotatable bonds is 18. The van der Waals surface area contributed by atoms with Gasteiger partial charge in [-0.2, -0.15) is 0 Å². The van der Waals surface area contributed by atoms with Gasteiger partial charge < -0.3 is 36.0 Å². The van der Waals surface area contributed by atoms with Crippen LogP contribution >= 0.6 is 0 Å². The molecule has 2 aliphatic heterocycles. The number of hydrogen-bond donors (Lipinski definition) is 7. The number of quaternary nitrogens is 1. The van der Waals surface area contributed by atoms with Gasteiger partial charge in [0.05, 0.1) is 30.4 Å². The zero-order valence-electron chi connectivity index (χ0n) is 21.9. The molecule has 7 N–H and O–H groups in total. The molecule has 2 aliphatic rings. The maximum Gasteiger partial charge on any atom is 0.306 e. The highest BCUT2D eigenvalue weighted by atomic mass is 16.4. The van der Waals surface area contributed by atoms with E-state index in [-0.39, 0.29) is 37.8 Å². The number of aliphatic hydroxyl groups excluding tert-OH is 2. The lowest BCUT2D eigenvalue weighted by Gasteiger charge is -2.41. The Bertz CT molecular complexity index is 629. The number of aliphatic carboxylic acids is 1. The predicted molar refractivity (Wildman–Crippen MR) is 138 cm³/mol. The molecule has 0 amide bonds. The Morgan fingerprint density at radius 1 is 1.23 bits per heavy atom. The van der Waals surface area contributed by atoms with Crippen molar-refractivity contribution in [2.24, 2.45) is 4.99 Å². The first-order chi connectivity index (χ1) is 16.7. The summed E-state index contributed by atoms with van der Waals surface area (Å²) < 4.78 is 0. The average molecular weight is 500 g/mol. The van der Waals surface area contributed by atoms with Gasteiger partial charge in [-0.1, -0.05) is 44.9 Å². The van der Waals surface area contributed by atoms with Crippen molar-refractivity contribution in [2.45, 2.75) is 127 Å². The highest BCUT2D eigenvalue weighted by Crippen LogP contribution is 2.21. The lowest BCUT2D eigenvalue weighted by atomic mass is 9.87. The van der Waals surface area contributed by atoms with Crippen molar-refractivity contribution in [1.29, 1.82) is 0 Å². The third-order valence-corrected chi connectivity index (χ3v) is 7.82. The summed E-state index contributed by atoms with van der Waals surface area (Å²) in [4.78, 5) is 17.1. The maximum absolute atomic E-state index is 11.2. The van der Waals surface area contributed by atoms with Crippen LogP contribution < -0.4 is 15.5 Å². The van der Waals surface area contributed by atoms with E-state index in [2.05, 4.69) is 22.5 Å². The molecule has 35 heavy (non-hydrogen) atoms. The highest BCUT2D eigenvalue weighted by Gasteiger charge is 2.39. The van der Waals surface area contributed by atoms with Crippen molar-refractivity contribution >= 4 is 12.2 Å². The molecule has 1 saturated heterocycles. The molecule has 7 atom stereocenters. The zero-order valence-corrected chi connectivity index (χ0v) is 21.9. The first-order valence-electron chi connectivity index (χ1n) is 13.8. The van der Waals surface area contributed by atoms with Crippen molar-refractivity contribution < 1.29 is 30.1 Å². The van der Waals surface area contributed by atoms with E-state index in [0.717, 1.165) is 51.7 Å². The number of carboxylic acid groups (broad SMARTS) is 1. The number of aliphatic hydroxyl groups is 3.